The molecule has 0 unspecified atom stereocenters. The van der Waals surface area contributed by atoms with E-state index in [2.05, 4.69) is 9.80 Å². The third-order valence-electron chi connectivity index (χ3n) is 4.42. The maximum Gasteiger partial charge on any atom is 0.159 e. The number of hydrogen-bond donors (Lipinski definition) is 0. The van der Waals surface area contributed by atoms with Gasteiger partial charge in [-0.1, -0.05) is 17.7 Å². The second-order valence-electron chi connectivity index (χ2n) is 6.10. The maximum atomic E-state index is 13.1. The molecule has 0 bridgehead atoms. The summed E-state index contributed by atoms with van der Waals surface area (Å²) >= 11 is 6.11. The van der Waals surface area contributed by atoms with Crippen molar-refractivity contribution in [2.75, 3.05) is 31.1 Å². The summed E-state index contributed by atoms with van der Waals surface area (Å²) in [6.07, 6.45) is 0. The zero-order valence-corrected chi connectivity index (χ0v) is 14.4. The van der Waals surface area contributed by atoms with E-state index in [-0.39, 0.29) is 11.6 Å². The first kappa shape index (κ1) is 16.9. The summed E-state index contributed by atoms with van der Waals surface area (Å²) < 4.78 is 13.1. The molecular formula is C19H20ClFN2O. The van der Waals surface area contributed by atoms with Crippen LogP contribution in [-0.4, -0.2) is 36.9 Å². The molecule has 1 heterocycles. The minimum atomic E-state index is -0.303. The fourth-order valence-corrected chi connectivity index (χ4v) is 3.19. The van der Waals surface area contributed by atoms with Gasteiger partial charge >= 0.3 is 0 Å². The van der Waals surface area contributed by atoms with Gasteiger partial charge in [0.15, 0.2) is 5.78 Å². The van der Waals surface area contributed by atoms with E-state index in [0.29, 0.717) is 5.02 Å². The number of Topliss-reactive ketones (excluding diaryl/α,β-unsaturated/α-hetero) is 1. The van der Waals surface area contributed by atoms with Gasteiger partial charge in [0.25, 0.3) is 0 Å². The second-order valence-corrected chi connectivity index (χ2v) is 6.51. The summed E-state index contributed by atoms with van der Waals surface area (Å²) in [6.45, 7) is 5.98. The lowest BCUT2D eigenvalue weighted by molar-refractivity contribution is 0.101. The number of nitrogens with zero attached hydrogens (tertiary/aromatic N) is 2. The number of carbonyl (C=O) groups excluding carboxylic acids is 1. The Bertz CT molecular complexity index is 725. The molecule has 3 rings (SSSR count). The van der Waals surface area contributed by atoms with Crippen LogP contribution < -0.4 is 4.90 Å². The largest absolute Gasteiger partial charge is 0.369 e. The van der Waals surface area contributed by atoms with E-state index in [1.54, 1.807) is 13.0 Å². The van der Waals surface area contributed by atoms with Gasteiger partial charge in [-0.25, -0.2) is 4.39 Å². The van der Waals surface area contributed by atoms with Gasteiger partial charge < -0.3 is 4.90 Å². The maximum absolute atomic E-state index is 13.1. The number of ketones is 1. The van der Waals surface area contributed by atoms with Crippen LogP contribution in [0, 0.1) is 5.82 Å². The SMILES string of the molecule is CC(=O)c1ccc(N2CCN(Cc3ccc(F)cc3Cl)CC2)cc1. The van der Waals surface area contributed by atoms with Gasteiger partial charge in [0.2, 0.25) is 0 Å². The van der Waals surface area contributed by atoms with E-state index in [0.717, 1.165) is 49.5 Å². The van der Waals surface area contributed by atoms with Crippen molar-refractivity contribution in [1.29, 1.82) is 0 Å². The van der Waals surface area contributed by atoms with Crippen LogP contribution >= 0.6 is 11.6 Å². The Morgan fingerprint density at radius 3 is 2.33 bits per heavy atom. The van der Waals surface area contributed by atoms with Crippen molar-refractivity contribution in [2.24, 2.45) is 0 Å². The Balaban J connectivity index is 1.58. The fraction of sp³-hybridized carbons (Fsp3) is 0.316. The highest BCUT2D eigenvalue weighted by molar-refractivity contribution is 6.31. The second kappa shape index (κ2) is 7.32. The van der Waals surface area contributed by atoms with Crippen molar-refractivity contribution in [2.45, 2.75) is 13.5 Å². The van der Waals surface area contributed by atoms with Crippen LogP contribution in [-0.2, 0) is 6.54 Å². The number of hydrogen-bond acceptors (Lipinski definition) is 3. The van der Waals surface area contributed by atoms with Gasteiger partial charge in [0, 0.05) is 49.0 Å². The summed E-state index contributed by atoms with van der Waals surface area (Å²) in [7, 11) is 0. The first-order valence-corrected chi connectivity index (χ1v) is 8.43. The molecule has 0 aliphatic carbocycles. The van der Waals surface area contributed by atoms with Gasteiger partial charge in [0.1, 0.15) is 5.82 Å². The summed E-state index contributed by atoms with van der Waals surface area (Å²) in [5, 5.41) is 0.484. The minimum Gasteiger partial charge on any atom is -0.369 e. The molecule has 2 aromatic rings. The summed E-state index contributed by atoms with van der Waals surface area (Å²) in [5.41, 5.74) is 2.83. The molecule has 1 fully saturated rings. The van der Waals surface area contributed by atoms with E-state index >= 15 is 0 Å². The fourth-order valence-electron chi connectivity index (χ4n) is 2.96. The molecule has 0 spiro atoms. The van der Waals surface area contributed by atoms with Gasteiger partial charge in [-0.3, -0.25) is 9.69 Å². The molecule has 5 heteroatoms. The molecule has 0 aromatic heterocycles. The predicted octanol–water partition coefficient (Wildman–Crippen LogP) is 4.00. The molecule has 0 amide bonds. The number of piperazine rings is 1. The van der Waals surface area contributed by atoms with Crippen molar-refractivity contribution >= 4 is 23.1 Å². The quantitative estimate of drug-likeness (QED) is 0.782. The first-order chi connectivity index (χ1) is 11.5. The normalized spacial score (nSPS) is 15.5. The standard InChI is InChI=1S/C19H20ClFN2O/c1-14(24)15-3-6-18(7-4-15)23-10-8-22(9-11-23)13-16-2-5-17(21)12-19(16)20/h2-7,12H,8-11,13H2,1H3. The van der Waals surface area contributed by atoms with Gasteiger partial charge in [-0.15, -0.1) is 0 Å². The molecule has 0 atom stereocenters. The third kappa shape index (κ3) is 3.94. The molecule has 3 nitrogen and oxygen atoms in total. The minimum absolute atomic E-state index is 0.0857. The van der Waals surface area contributed by atoms with Crippen LogP contribution in [0.2, 0.25) is 5.02 Å². The molecule has 24 heavy (non-hydrogen) atoms. The lowest BCUT2D eigenvalue weighted by Crippen LogP contribution is -2.46. The molecule has 1 aliphatic rings. The highest BCUT2D eigenvalue weighted by Crippen LogP contribution is 2.21. The number of carbonyl (C=O) groups is 1. The van der Waals surface area contributed by atoms with E-state index in [9.17, 15) is 9.18 Å². The van der Waals surface area contributed by atoms with Gasteiger partial charge in [-0.2, -0.15) is 0 Å². The Hall–Kier alpha value is -1.91. The highest BCUT2D eigenvalue weighted by Gasteiger charge is 2.18. The number of benzene rings is 2. The van der Waals surface area contributed by atoms with E-state index < -0.39 is 0 Å². The highest BCUT2D eigenvalue weighted by atomic mass is 35.5. The Morgan fingerprint density at radius 2 is 1.75 bits per heavy atom. The molecular weight excluding hydrogens is 327 g/mol. The molecule has 126 valence electrons. The average Bonchev–Trinajstić information content (AvgIpc) is 2.58. The van der Waals surface area contributed by atoms with Gasteiger partial charge in [0.05, 0.1) is 0 Å². The van der Waals surface area contributed by atoms with Crippen LogP contribution in [0.25, 0.3) is 0 Å². The first-order valence-electron chi connectivity index (χ1n) is 8.05. The molecule has 1 aliphatic heterocycles. The molecule has 0 radical (unpaired) electrons. The molecule has 2 aromatic carbocycles. The van der Waals surface area contributed by atoms with Crippen LogP contribution in [0.5, 0.6) is 0 Å². The monoisotopic (exact) mass is 346 g/mol. The Morgan fingerprint density at radius 1 is 1.08 bits per heavy atom. The lowest BCUT2D eigenvalue weighted by Gasteiger charge is -2.36. The topological polar surface area (TPSA) is 23.6 Å². The smallest absolute Gasteiger partial charge is 0.159 e. The summed E-state index contributed by atoms with van der Waals surface area (Å²) in [6, 6.07) is 12.3. The van der Waals surface area contributed by atoms with E-state index in [1.165, 1.54) is 12.1 Å². The predicted molar refractivity (Wildman–Crippen MR) is 95.3 cm³/mol. The van der Waals surface area contributed by atoms with Crippen molar-refractivity contribution in [1.82, 2.24) is 4.90 Å². The Labute approximate surface area is 146 Å². The lowest BCUT2D eigenvalue weighted by atomic mass is 10.1. The number of rotatable bonds is 4. The van der Waals surface area contributed by atoms with E-state index in [4.69, 9.17) is 11.6 Å². The van der Waals surface area contributed by atoms with Crippen LogP contribution in [0.15, 0.2) is 42.5 Å². The van der Waals surface area contributed by atoms with Crippen LogP contribution in [0.1, 0.15) is 22.8 Å². The summed E-state index contributed by atoms with van der Waals surface area (Å²) in [4.78, 5) is 16.0. The van der Waals surface area contributed by atoms with E-state index in [1.807, 2.05) is 24.3 Å². The van der Waals surface area contributed by atoms with Crippen LogP contribution in [0.4, 0.5) is 10.1 Å². The Kier molecular flexibility index (Phi) is 5.17. The zero-order chi connectivity index (χ0) is 17.1. The zero-order valence-electron chi connectivity index (χ0n) is 13.6. The van der Waals surface area contributed by atoms with Crippen molar-refractivity contribution in [3.63, 3.8) is 0 Å². The van der Waals surface area contributed by atoms with Crippen molar-refractivity contribution in [3.8, 4) is 0 Å². The third-order valence-corrected chi connectivity index (χ3v) is 4.77. The van der Waals surface area contributed by atoms with Crippen LogP contribution in [0.3, 0.4) is 0 Å². The van der Waals surface area contributed by atoms with Crippen molar-refractivity contribution < 1.29 is 9.18 Å². The van der Waals surface area contributed by atoms with Crippen molar-refractivity contribution in [3.05, 3.63) is 64.4 Å². The molecule has 0 saturated carbocycles. The van der Waals surface area contributed by atoms with Gasteiger partial charge in [-0.05, 0) is 48.9 Å². The average molecular weight is 347 g/mol. The molecule has 1 saturated heterocycles. The summed E-state index contributed by atoms with van der Waals surface area (Å²) in [5.74, 6) is -0.217. The number of anilines is 1. The number of halogens is 2. The molecule has 0 N–H and O–H groups in total.